The molecule has 1 aliphatic carbocycles. The number of nitrogens with one attached hydrogen (secondary N) is 2. The zero-order valence-electron chi connectivity index (χ0n) is 11.9. The standard InChI is InChI=1S/C16H18ClN3O/c1-10(16(21)20-12-5-6-12)19-9-11-4-7-14(17)13-3-2-8-18-15(11)13/h2-4,7-8,10,12,19H,5-6,9H2,1H3,(H,20,21). The largest absolute Gasteiger partial charge is 0.352 e. The molecule has 1 aliphatic rings. The molecule has 1 amide bonds. The first-order valence-corrected chi connectivity index (χ1v) is 7.59. The Morgan fingerprint density at radius 3 is 3.00 bits per heavy atom. The molecule has 1 unspecified atom stereocenters. The average Bonchev–Trinajstić information content (AvgIpc) is 3.30. The molecule has 0 spiro atoms. The van der Waals surface area contributed by atoms with Crippen LogP contribution in [0.5, 0.6) is 0 Å². The lowest BCUT2D eigenvalue weighted by Crippen LogP contribution is -2.42. The van der Waals surface area contributed by atoms with Crippen molar-refractivity contribution in [2.24, 2.45) is 0 Å². The number of carbonyl (C=O) groups is 1. The van der Waals surface area contributed by atoms with Crippen LogP contribution < -0.4 is 10.6 Å². The number of aromatic nitrogens is 1. The SMILES string of the molecule is CC(NCc1ccc(Cl)c2cccnc12)C(=O)NC1CC1. The summed E-state index contributed by atoms with van der Waals surface area (Å²) in [5.41, 5.74) is 1.92. The molecular formula is C16H18ClN3O. The van der Waals surface area contributed by atoms with Gasteiger partial charge in [-0.3, -0.25) is 9.78 Å². The predicted octanol–water partition coefficient (Wildman–Crippen LogP) is 2.64. The van der Waals surface area contributed by atoms with E-state index < -0.39 is 0 Å². The topological polar surface area (TPSA) is 54.0 Å². The van der Waals surface area contributed by atoms with Crippen LogP contribution in [-0.4, -0.2) is 23.0 Å². The third kappa shape index (κ3) is 3.34. The van der Waals surface area contributed by atoms with Crippen LogP contribution in [0.4, 0.5) is 0 Å². The second-order valence-electron chi connectivity index (χ2n) is 5.49. The van der Waals surface area contributed by atoms with Crippen LogP contribution in [0, 0.1) is 0 Å². The first-order chi connectivity index (χ1) is 10.1. The van der Waals surface area contributed by atoms with E-state index in [1.54, 1.807) is 6.20 Å². The Labute approximate surface area is 128 Å². The van der Waals surface area contributed by atoms with Gasteiger partial charge >= 0.3 is 0 Å². The number of nitrogens with zero attached hydrogens (tertiary/aromatic N) is 1. The number of carbonyl (C=O) groups excluding carboxylic acids is 1. The van der Waals surface area contributed by atoms with E-state index in [1.807, 2.05) is 31.2 Å². The molecule has 0 saturated heterocycles. The van der Waals surface area contributed by atoms with Gasteiger partial charge in [0.2, 0.25) is 5.91 Å². The number of fused-ring (bicyclic) bond motifs is 1. The quantitative estimate of drug-likeness (QED) is 0.893. The van der Waals surface area contributed by atoms with Crippen LogP contribution in [0.25, 0.3) is 10.9 Å². The second-order valence-corrected chi connectivity index (χ2v) is 5.90. The zero-order valence-corrected chi connectivity index (χ0v) is 12.7. The first-order valence-electron chi connectivity index (χ1n) is 7.21. The van der Waals surface area contributed by atoms with Gasteiger partial charge in [-0.15, -0.1) is 0 Å². The van der Waals surface area contributed by atoms with Crippen molar-refractivity contribution < 1.29 is 4.79 Å². The number of rotatable bonds is 5. The summed E-state index contributed by atoms with van der Waals surface area (Å²) >= 11 is 6.18. The number of halogens is 1. The highest BCUT2D eigenvalue weighted by Crippen LogP contribution is 2.24. The van der Waals surface area contributed by atoms with Gasteiger partial charge in [0, 0.05) is 29.2 Å². The Morgan fingerprint density at radius 2 is 2.24 bits per heavy atom. The molecule has 2 N–H and O–H groups in total. The van der Waals surface area contributed by atoms with Gasteiger partial charge in [0.1, 0.15) is 0 Å². The number of amides is 1. The molecule has 1 aromatic heterocycles. The van der Waals surface area contributed by atoms with Crippen molar-refractivity contribution in [2.45, 2.75) is 38.4 Å². The van der Waals surface area contributed by atoms with Gasteiger partial charge in [0.15, 0.2) is 0 Å². The van der Waals surface area contributed by atoms with Crippen LogP contribution in [0.3, 0.4) is 0 Å². The molecule has 4 nitrogen and oxygen atoms in total. The Balaban J connectivity index is 1.70. The Hall–Kier alpha value is -1.65. The number of hydrogen-bond acceptors (Lipinski definition) is 3. The normalized spacial score (nSPS) is 15.9. The van der Waals surface area contributed by atoms with Crippen molar-refractivity contribution in [3.05, 3.63) is 41.0 Å². The maximum atomic E-state index is 11.9. The molecule has 21 heavy (non-hydrogen) atoms. The minimum Gasteiger partial charge on any atom is -0.352 e. The van der Waals surface area contributed by atoms with Crippen LogP contribution in [0.15, 0.2) is 30.5 Å². The van der Waals surface area contributed by atoms with Crippen LogP contribution >= 0.6 is 11.6 Å². The molecule has 0 radical (unpaired) electrons. The van der Waals surface area contributed by atoms with Crippen molar-refractivity contribution >= 4 is 28.4 Å². The molecule has 110 valence electrons. The van der Waals surface area contributed by atoms with Gasteiger partial charge in [-0.05, 0) is 43.5 Å². The molecular weight excluding hydrogens is 286 g/mol. The summed E-state index contributed by atoms with van der Waals surface area (Å²) < 4.78 is 0. The Bertz CT molecular complexity index is 670. The van der Waals surface area contributed by atoms with Crippen molar-refractivity contribution in [1.82, 2.24) is 15.6 Å². The van der Waals surface area contributed by atoms with Gasteiger partial charge < -0.3 is 10.6 Å². The highest BCUT2D eigenvalue weighted by molar-refractivity contribution is 6.35. The highest BCUT2D eigenvalue weighted by Gasteiger charge is 2.25. The summed E-state index contributed by atoms with van der Waals surface area (Å²) in [4.78, 5) is 16.3. The second kappa shape index (κ2) is 6.00. The highest BCUT2D eigenvalue weighted by atomic mass is 35.5. The molecule has 3 rings (SSSR count). The summed E-state index contributed by atoms with van der Waals surface area (Å²) in [5.74, 6) is 0.0590. The lowest BCUT2D eigenvalue weighted by atomic mass is 10.1. The lowest BCUT2D eigenvalue weighted by Gasteiger charge is -2.14. The maximum absolute atomic E-state index is 11.9. The average molecular weight is 304 g/mol. The predicted molar refractivity (Wildman–Crippen MR) is 84.2 cm³/mol. The molecule has 0 bridgehead atoms. The van der Waals surface area contributed by atoms with Gasteiger partial charge in [-0.25, -0.2) is 0 Å². The van der Waals surface area contributed by atoms with Crippen molar-refractivity contribution in [2.75, 3.05) is 0 Å². The van der Waals surface area contributed by atoms with Crippen molar-refractivity contribution in [1.29, 1.82) is 0 Å². The van der Waals surface area contributed by atoms with Crippen molar-refractivity contribution in [3.8, 4) is 0 Å². The summed E-state index contributed by atoms with van der Waals surface area (Å²) in [5, 5.41) is 7.88. The Morgan fingerprint density at radius 1 is 1.43 bits per heavy atom. The van der Waals surface area contributed by atoms with Crippen LogP contribution in [-0.2, 0) is 11.3 Å². The van der Waals surface area contributed by atoms with E-state index in [4.69, 9.17) is 11.6 Å². The fraction of sp³-hybridized carbons (Fsp3) is 0.375. The van der Waals surface area contributed by atoms with E-state index in [2.05, 4.69) is 15.6 Å². The van der Waals surface area contributed by atoms with Gasteiger partial charge in [-0.1, -0.05) is 17.7 Å². The fourth-order valence-corrected chi connectivity index (χ4v) is 2.46. The van der Waals surface area contributed by atoms with E-state index in [-0.39, 0.29) is 11.9 Å². The lowest BCUT2D eigenvalue weighted by molar-refractivity contribution is -0.122. The smallest absolute Gasteiger partial charge is 0.237 e. The molecule has 2 aromatic rings. The third-order valence-electron chi connectivity index (χ3n) is 3.72. The van der Waals surface area contributed by atoms with E-state index >= 15 is 0 Å². The van der Waals surface area contributed by atoms with Gasteiger partial charge in [-0.2, -0.15) is 0 Å². The molecule has 1 fully saturated rings. The van der Waals surface area contributed by atoms with Crippen LogP contribution in [0.1, 0.15) is 25.3 Å². The maximum Gasteiger partial charge on any atom is 0.237 e. The molecule has 1 heterocycles. The summed E-state index contributed by atoms with van der Waals surface area (Å²) in [6.07, 6.45) is 3.96. The van der Waals surface area contributed by atoms with E-state index in [0.29, 0.717) is 17.6 Å². The minimum atomic E-state index is -0.222. The zero-order chi connectivity index (χ0) is 14.8. The van der Waals surface area contributed by atoms with Crippen molar-refractivity contribution in [3.63, 3.8) is 0 Å². The number of hydrogen-bond donors (Lipinski definition) is 2. The summed E-state index contributed by atoms with van der Waals surface area (Å²) in [6, 6.07) is 7.82. The minimum absolute atomic E-state index is 0.0590. The molecule has 0 aliphatic heterocycles. The molecule has 1 aromatic carbocycles. The van der Waals surface area contributed by atoms with E-state index in [1.165, 1.54) is 0 Å². The van der Waals surface area contributed by atoms with Gasteiger partial charge in [0.05, 0.1) is 11.6 Å². The van der Waals surface area contributed by atoms with E-state index in [0.717, 1.165) is 29.3 Å². The molecule has 1 atom stereocenters. The van der Waals surface area contributed by atoms with Gasteiger partial charge in [0.25, 0.3) is 0 Å². The Kier molecular flexibility index (Phi) is 4.08. The van der Waals surface area contributed by atoms with Crippen LogP contribution in [0.2, 0.25) is 5.02 Å². The summed E-state index contributed by atoms with van der Waals surface area (Å²) in [6.45, 7) is 2.47. The molecule has 1 saturated carbocycles. The first kappa shape index (κ1) is 14.3. The third-order valence-corrected chi connectivity index (χ3v) is 4.05. The fourth-order valence-electron chi connectivity index (χ4n) is 2.25. The monoisotopic (exact) mass is 303 g/mol. The summed E-state index contributed by atoms with van der Waals surface area (Å²) in [7, 11) is 0. The number of pyridine rings is 1. The molecule has 5 heteroatoms. The van der Waals surface area contributed by atoms with E-state index in [9.17, 15) is 4.79 Å². The number of benzene rings is 1.